The van der Waals surface area contributed by atoms with Crippen LogP contribution in [0.3, 0.4) is 0 Å². The summed E-state index contributed by atoms with van der Waals surface area (Å²) in [4.78, 5) is 11.9. The van der Waals surface area contributed by atoms with Crippen molar-refractivity contribution in [1.82, 2.24) is 20.2 Å². The van der Waals surface area contributed by atoms with Gasteiger partial charge in [0.1, 0.15) is 11.6 Å². The van der Waals surface area contributed by atoms with E-state index in [2.05, 4.69) is 15.1 Å². The molecule has 1 atom stereocenters. The number of benzene rings is 1. The lowest BCUT2D eigenvalue weighted by Crippen LogP contribution is -2.25. The van der Waals surface area contributed by atoms with Crippen molar-refractivity contribution in [3.63, 3.8) is 0 Å². The van der Waals surface area contributed by atoms with E-state index in [0.29, 0.717) is 5.82 Å². The van der Waals surface area contributed by atoms with Crippen molar-refractivity contribution in [2.24, 2.45) is 0 Å². The Bertz CT molecular complexity index is 911. The topological polar surface area (TPSA) is 90.0 Å². The number of ether oxygens (including phenoxy) is 1. The SMILES string of the molecule is COc1ccc2nc(N3CCCC3c3ccc(N)nn3)c(C)nc2c1. The summed E-state index contributed by atoms with van der Waals surface area (Å²) >= 11 is 0. The van der Waals surface area contributed by atoms with E-state index in [1.54, 1.807) is 13.2 Å². The van der Waals surface area contributed by atoms with Gasteiger partial charge in [0, 0.05) is 12.6 Å². The number of fused-ring (bicyclic) bond motifs is 1. The van der Waals surface area contributed by atoms with Crippen LogP contribution in [0.25, 0.3) is 11.0 Å². The van der Waals surface area contributed by atoms with Crippen LogP contribution in [0.5, 0.6) is 5.75 Å². The van der Waals surface area contributed by atoms with Crippen molar-refractivity contribution >= 4 is 22.7 Å². The molecule has 1 fully saturated rings. The van der Waals surface area contributed by atoms with Crippen LogP contribution in [-0.4, -0.2) is 33.8 Å². The molecule has 25 heavy (non-hydrogen) atoms. The third kappa shape index (κ3) is 2.82. The Kier molecular flexibility index (Phi) is 3.83. The van der Waals surface area contributed by atoms with Gasteiger partial charge in [0.15, 0.2) is 5.82 Å². The number of methoxy groups -OCH3 is 1. The molecule has 1 aliphatic rings. The van der Waals surface area contributed by atoms with E-state index in [4.69, 9.17) is 20.4 Å². The smallest absolute Gasteiger partial charge is 0.151 e. The molecule has 128 valence electrons. The lowest BCUT2D eigenvalue weighted by atomic mass is 10.1. The standard InChI is InChI=1S/C18H20N6O/c1-11-18(21-13-6-5-12(25-2)10-15(13)20-11)24-9-3-4-16(24)14-7-8-17(19)23-22-14/h5-8,10,16H,3-4,9H2,1-2H3,(H2,19,23). The van der Waals surface area contributed by atoms with Gasteiger partial charge < -0.3 is 15.4 Å². The van der Waals surface area contributed by atoms with Gasteiger partial charge >= 0.3 is 0 Å². The first kappa shape index (κ1) is 15.6. The molecule has 2 N–H and O–H groups in total. The van der Waals surface area contributed by atoms with Crippen LogP contribution < -0.4 is 15.4 Å². The molecule has 0 bridgehead atoms. The van der Waals surface area contributed by atoms with Gasteiger partial charge in [-0.1, -0.05) is 0 Å². The molecule has 1 saturated heterocycles. The summed E-state index contributed by atoms with van der Waals surface area (Å²) in [7, 11) is 1.65. The van der Waals surface area contributed by atoms with Crippen LogP contribution in [0.1, 0.15) is 30.3 Å². The van der Waals surface area contributed by atoms with Crippen molar-refractivity contribution in [1.29, 1.82) is 0 Å². The summed E-state index contributed by atoms with van der Waals surface area (Å²) in [5, 5.41) is 8.26. The van der Waals surface area contributed by atoms with Crippen molar-refractivity contribution < 1.29 is 4.74 Å². The predicted molar refractivity (Wildman–Crippen MR) is 96.6 cm³/mol. The molecule has 0 saturated carbocycles. The van der Waals surface area contributed by atoms with Gasteiger partial charge in [0.25, 0.3) is 0 Å². The lowest BCUT2D eigenvalue weighted by Gasteiger charge is -2.26. The molecule has 3 heterocycles. The van der Waals surface area contributed by atoms with Crippen LogP contribution in [-0.2, 0) is 0 Å². The minimum absolute atomic E-state index is 0.150. The highest BCUT2D eigenvalue weighted by Crippen LogP contribution is 2.36. The monoisotopic (exact) mass is 336 g/mol. The molecule has 2 aromatic heterocycles. The molecule has 0 amide bonds. The Morgan fingerprint density at radius 1 is 1.12 bits per heavy atom. The molecule has 7 heteroatoms. The third-order valence-corrected chi connectivity index (χ3v) is 4.59. The average Bonchev–Trinajstić information content (AvgIpc) is 3.10. The summed E-state index contributed by atoms with van der Waals surface area (Å²) in [5.41, 5.74) is 9.17. The fraction of sp³-hybridized carbons (Fsp3) is 0.333. The Morgan fingerprint density at radius 2 is 2.00 bits per heavy atom. The Hall–Kier alpha value is -2.96. The maximum atomic E-state index is 5.66. The highest BCUT2D eigenvalue weighted by Gasteiger charge is 2.30. The molecule has 1 unspecified atom stereocenters. The van der Waals surface area contributed by atoms with Gasteiger partial charge in [0.05, 0.1) is 35.6 Å². The second kappa shape index (κ2) is 6.16. The number of anilines is 2. The van der Waals surface area contributed by atoms with Crippen LogP contribution in [0.2, 0.25) is 0 Å². The normalized spacial score (nSPS) is 17.2. The molecule has 0 aliphatic carbocycles. The van der Waals surface area contributed by atoms with Gasteiger partial charge in [-0.05, 0) is 44.0 Å². The van der Waals surface area contributed by atoms with Crippen LogP contribution >= 0.6 is 0 Å². The maximum absolute atomic E-state index is 5.66. The quantitative estimate of drug-likeness (QED) is 0.786. The van der Waals surface area contributed by atoms with Crippen LogP contribution in [0, 0.1) is 6.92 Å². The van der Waals surface area contributed by atoms with E-state index in [0.717, 1.165) is 53.4 Å². The number of hydrogen-bond acceptors (Lipinski definition) is 7. The Labute approximate surface area is 145 Å². The summed E-state index contributed by atoms with van der Waals surface area (Å²) in [6.07, 6.45) is 2.10. The largest absolute Gasteiger partial charge is 0.497 e. The Morgan fingerprint density at radius 3 is 2.76 bits per heavy atom. The zero-order chi connectivity index (χ0) is 17.4. The van der Waals surface area contributed by atoms with E-state index < -0.39 is 0 Å². The lowest BCUT2D eigenvalue weighted by molar-refractivity contribution is 0.415. The third-order valence-electron chi connectivity index (χ3n) is 4.59. The first-order valence-electron chi connectivity index (χ1n) is 8.34. The van der Waals surface area contributed by atoms with E-state index in [1.165, 1.54) is 0 Å². The van der Waals surface area contributed by atoms with Crippen LogP contribution in [0.4, 0.5) is 11.6 Å². The molecule has 7 nitrogen and oxygen atoms in total. The molecular formula is C18H20N6O. The average molecular weight is 336 g/mol. The highest BCUT2D eigenvalue weighted by molar-refractivity contribution is 5.78. The first-order valence-corrected chi connectivity index (χ1v) is 8.34. The molecule has 4 rings (SSSR count). The van der Waals surface area contributed by atoms with E-state index in [1.807, 2.05) is 31.2 Å². The van der Waals surface area contributed by atoms with Gasteiger partial charge in [-0.3, -0.25) is 0 Å². The summed E-state index contributed by atoms with van der Waals surface area (Å²) in [5.74, 6) is 2.12. The zero-order valence-corrected chi connectivity index (χ0v) is 14.3. The minimum Gasteiger partial charge on any atom is -0.497 e. The maximum Gasteiger partial charge on any atom is 0.151 e. The number of aryl methyl sites for hydroxylation is 1. The van der Waals surface area contributed by atoms with Gasteiger partial charge in [-0.25, -0.2) is 9.97 Å². The number of nitrogen functional groups attached to an aromatic ring is 1. The summed E-state index contributed by atoms with van der Waals surface area (Å²) in [6, 6.07) is 9.65. The highest BCUT2D eigenvalue weighted by atomic mass is 16.5. The molecule has 1 aromatic carbocycles. The predicted octanol–water partition coefficient (Wildman–Crippen LogP) is 2.66. The molecule has 0 spiro atoms. The number of rotatable bonds is 3. The van der Waals surface area contributed by atoms with Crippen LogP contribution in [0.15, 0.2) is 30.3 Å². The van der Waals surface area contributed by atoms with Crippen molar-refractivity contribution in [2.45, 2.75) is 25.8 Å². The van der Waals surface area contributed by atoms with E-state index in [9.17, 15) is 0 Å². The van der Waals surface area contributed by atoms with Gasteiger partial charge in [-0.15, -0.1) is 5.10 Å². The van der Waals surface area contributed by atoms with Crippen molar-refractivity contribution in [3.05, 3.63) is 41.7 Å². The first-order chi connectivity index (χ1) is 12.2. The number of nitrogens with two attached hydrogens (primary N) is 1. The summed E-state index contributed by atoms with van der Waals surface area (Å²) in [6.45, 7) is 2.92. The van der Waals surface area contributed by atoms with Crippen molar-refractivity contribution in [3.8, 4) is 5.75 Å². The summed E-state index contributed by atoms with van der Waals surface area (Å²) < 4.78 is 5.27. The number of nitrogens with zero attached hydrogens (tertiary/aromatic N) is 5. The molecule has 3 aromatic rings. The number of aromatic nitrogens is 4. The zero-order valence-electron chi connectivity index (χ0n) is 14.3. The second-order valence-corrected chi connectivity index (χ2v) is 6.22. The molecular weight excluding hydrogens is 316 g/mol. The second-order valence-electron chi connectivity index (χ2n) is 6.22. The minimum atomic E-state index is 0.150. The van der Waals surface area contributed by atoms with E-state index >= 15 is 0 Å². The fourth-order valence-corrected chi connectivity index (χ4v) is 3.37. The van der Waals surface area contributed by atoms with E-state index in [-0.39, 0.29) is 6.04 Å². The van der Waals surface area contributed by atoms with Gasteiger partial charge in [0.2, 0.25) is 0 Å². The fourth-order valence-electron chi connectivity index (χ4n) is 3.37. The van der Waals surface area contributed by atoms with Crippen molar-refractivity contribution in [2.75, 3.05) is 24.3 Å². The van der Waals surface area contributed by atoms with Gasteiger partial charge in [-0.2, -0.15) is 5.10 Å². The molecule has 1 aliphatic heterocycles. The molecule has 0 radical (unpaired) electrons. The number of hydrogen-bond donors (Lipinski definition) is 1. The Balaban J connectivity index is 1.74.